The van der Waals surface area contributed by atoms with Gasteiger partial charge in [0.15, 0.2) is 6.54 Å². The number of hydrogen-bond donors (Lipinski definition) is 3. The summed E-state index contributed by atoms with van der Waals surface area (Å²) >= 11 is 5.91. The number of benzene rings is 1. The van der Waals surface area contributed by atoms with Crippen molar-refractivity contribution in [3.8, 4) is 0 Å². The van der Waals surface area contributed by atoms with Crippen LogP contribution in [0.15, 0.2) is 24.3 Å². The lowest BCUT2D eigenvalue weighted by Gasteiger charge is -2.56. The zero-order valence-electron chi connectivity index (χ0n) is 15.8. The van der Waals surface area contributed by atoms with E-state index in [4.69, 9.17) is 11.6 Å². The Labute approximate surface area is 165 Å². The van der Waals surface area contributed by atoms with Gasteiger partial charge in [0.25, 0.3) is 5.91 Å². The molecular formula is C21H29ClN3O2+. The van der Waals surface area contributed by atoms with Gasteiger partial charge in [-0.25, -0.2) is 4.79 Å². The Morgan fingerprint density at radius 1 is 1.11 bits per heavy atom. The highest BCUT2D eigenvalue weighted by Gasteiger charge is 2.51. The largest absolute Gasteiger partial charge is 0.333 e. The number of carbonyl (C=O) groups excluding carboxylic acids is 2. The zero-order chi connectivity index (χ0) is 19.0. The number of urea groups is 1. The number of nitrogens with one attached hydrogen (secondary N) is 2. The first-order chi connectivity index (χ1) is 12.9. The van der Waals surface area contributed by atoms with Crippen molar-refractivity contribution in [2.24, 2.45) is 17.8 Å². The van der Waals surface area contributed by atoms with Gasteiger partial charge in [0, 0.05) is 16.1 Å². The van der Waals surface area contributed by atoms with Gasteiger partial charge in [-0.15, -0.1) is 0 Å². The Balaban J connectivity index is 1.25. The molecule has 4 bridgehead atoms. The third kappa shape index (κ3) is 4.30. The van der Waals surface area contributed by atoms with Gasteiger partial charge >= 0.3 is 6.03 Å². The maximum atomic E-state index is 12.4. The number of halogens is 1. The minimum atomic E-state index is -0.325. The van der Waals surface area contributed by atoms with Gasteiger partial charge < -0.3 is 10.6 Å². The Morgan fingerprint density at radius 2 is 1.67 bits per heavy atom. The molecule has 0 aliphatic heterocycles. The molecule has 5 rings (SSSR count). The van der Waals surface area contributed by atoms with E-state index in [1.165, 1.54) is 19.3 Å². The summed E-state index contributed by atoms with van der Waals surface area (Å²) in [7, 11) is 0. The van der Waals surface area contributed by atoms with Crippen LogP contribution >= 0.6 is 11.6 Å². The zero-order valence-corrected chi connectivity index (χ0v) is 16.6. The molecule has 0 spiro atoms. The summed E-state index contributed by atoms with van der Waals surface area (Å²) in [6.07, 6.45) is 7.25. The number of nitrogens with two attached hydrogens (primary N) is 1. The van der Waals surface area contributed by atoms with Crippen molar-refractivity contribution >= 4 is 23.5 Å². The number of hydrogen-bond acceptors (Lipinski definition) is 2. The smallest absolute Gasteiger partial charge is 0.322 e. The lowest BCUT2D eigenvalue weighted by atomic mass is 9.53. The molecule has 4 fully saturated rings. The van der Waals surface area contributed by atoms with E-state index in [9.17, 15) is 9.59 Å². The van der Waals surface area contributed by atoms with E-state index in [2.05, 4.69) is 10.6 Å². The highest BCUT2D eigenvalue weighted by molar-refractivity contribution is 6.30. The molecule has 0 radical (unpaired) electrons. The summed E-state index contributed by atoms with van der Waals surface area (Å²) in [5.74, 6) is 2.04. The van der Waals surface area contributed by atoms with E-state index < -0.39 is 0 Å². The van der Waals surface area contributed by atoms with Crippen LogP contribution in [0.5, 0.6) is 0 Å². The van der Waals surface area contributed by atoms with Gasteiger partial charge in [-0.2, -0.15) is 0 Å². The topological polar surface area (TPSA) is 74.8 Å². The Morgan fingerprint density at radius 3 is 2.22 bits per heavy atom. The van der Waals surface area contributed by atoms with Gasteiger partial charge in [0.05, 0.1) is 0 Å². The van der Waals surface area contributed by atoms with Gasteiger partial charge in [-0.05, 0) is 75.3 Å². The van der Waals surface area contributed by atoms with Gasteiger partial charge in [0.1, 0.15) is 6.04 Å². The number of rotatable bonds is 5. The quantitative estimate of drug-likeness (QED) is 0.723. The minimum Gasteiger partial charge on any atom is -0.333 e. The van der Waals surface area contributed by atoms with Crippen LogP contribution < -0.4 is 16.0 Å². The molecule has 0 unspecified atom stereocenters. The minimum absolute atomic E-state index is 0.0700. The maximum absolute atomic E-state index is 12.4. The summed E-state index contributed by atoms with van der Waals surface area (Å²) in [4.78, 5) is 24.6. The SMILES string of the molecule is C[C@H]([NH2+]CC(=O)NC(=O)NC12CC3CC(CC(C3)C1)C2)c1ccc(Cl)cc1. The predicted molar refractivity (Wildman–Crippen MR) is 104 cm³/mol. The number of carbonyl (C=O) groups is 2. The monoisotopic (exact) mass is 390 g/mol. The summed E-state index contributed by atoms with van der Waals surface area (Å²) in [6.45, 7) is 2.25. The van der Waals surface area contributed by atoms with E-state index in [1.54, 1.807) is 0 Å². The Hall–Kier alpha value is -1.59. The van der Waals surface area contributed by atoms with Gasteiger partial charge in [-0.1, -0.05) is 23.7 Å². The molecule has 1 atom stereocenters. The van der Waals surface area contributed by atoms with Crippen LogP contribution in [0.2, 0.25) is 5.02 Å². The van der Waals surface area contributed by atoms with Crippen molar-refractivity contribution in [1.29, 1.82) is 0 Å². The summed E-state index contributed by atoms with van der Waals surface area (Å²) in [5.41, 5.74) is 1.03. The lowest BCUT2D eigenvalue weighted by Crippen LogP contribution is -2.87. The van der Waals surface area contributed by atoms with Crippen molar-refractivity contribution in [3.05, 3.63) is 34.9 Å². The predicted octanol–water partition coefficient (Wildman–Crippen LogP) is 2.76. The summed E-state index contributed by atoms with van der Waals surface area (Å²) < 4.78 is 0. The first-order valence-corrected chi connectivity index (χ1v) is 10.5. The molecule has 1 aromatic carbocycles. The number of imide groups is 1. The van der Waals surface area contributed by atoms with Gasteiger partial charge in [-0.3, -0.25) is 10.1 Å². The maximum Gasteiger partial charge on any atom is 0.322 e. The first-order valence-electron chi connectivity index (χ1n) is 10.1. The van der Waals surface area contributed by atoms with Crippen molar-refractivity contribution in [2.45, 2.75) is 57.0 Å². The van der Waals surface area contributed by atoms with E-state index in [0.717, 1.165) is 42.6 Å². The Bertz CT molecular complexity index is 683. The van der Waals surface area contributed by atoms with E-state index in [1.807, 2.05) is 36.5 Å². The van der Waals surface area contributed by atoms with Crippen molar-refractivity contribution in [3.63, 3.8) is 0 Å². The molecule has 4 saturated carbocycles. The molecule has 0 saturated heterocycles. The van der Waals surface area contributed by atoms with Crippen LogP contribution in [0.1, 0.15) is 57.1 Å². The van der Waals surface area contributed by atoms with Crippen LogP contribution in [0.25, 0.3) is 0 Å². The van der Waals surface area contributed by atoms with E-state index >= 15 is 0 Å². The molecule has 0 heterocycles. The van der Waals surface area contributed by atoms with E-state index in [-0.39, 0.29) is 30.1 Å². The number of amides is 3. The van der Waals surface area contributed by atoms with Gasteiger partial charge in [0.2, 0.25) is 0 Å². The van der Waals surface area contributed by atoms with Crippen molar-refractivity contribution in [2.75, 3.05) is 6.54 Å². The summed E-state index contributed by atoms with van der Waals surface area (Å²) in [6, 6.07) is 7.41. The van der Waals surface area contributed by atoms with Crippen molar-refractivity contribution in [1.82, 2.24) is 10.6 Å². The first kappa shape index (κ1) is 18.8. The third-order valence-electron chi connectivity index (χ3n) is 6.72. The second kappa shape index (κ2) is 7.44. The highest BCUT2D eigenvalue weighted by Crippen LogP contribution is 2.55. The van der Waals surface area contributed by atoms with Crippen LogP contribution in [0.4, 0.5) is 4.79 Å². The molecule has 5 nitrogen and oxygen atoms in total. The van der Waals surface area contributed by atoms with Crippen LogP contribution in [0.3, 0.4) is 0 Å². The molecule has 0 aromatic heterocycles. The van der Waals surface area contributed by atoms with Crippen LogP contribution in [-0.2, 0) is 4.79 Å². The molecule has 1 aromatic rings. The van der Waals surface area contributed by atoms with Crippen LogP contribution in [0, 0.1) is 17.8 Å². The molecule has 3 amide bonds. The third-order valence-corrected chi connectivity index (χ3v) is 6.97. The van der Waals surface area contributed by atoms with Crippen LogP contribution in [-0.4, -0.2) is 24.0 Å². The highest BCUT2D eigenvalue weighted by atomic mass is 35.5. The molecule has 4 N–H and O–H groups in total. The molecule has 4 aliphatic carbocycles. The van der Waals surface area contributed by atoms with E-state index in [0.29, 0.717) is 5.02 Å². The fourth-order valence-corrected chi connectivity index (χ4v) is 6.03. The average Bonchev–Trinajstić information content (AvgIpc) is 2.58. The molecule has 4 aliphatic rings. The van der Waals surface area contributed by atoms with Crippen molar-refractivity contribution < 1.29 is 14.9 Å². The molecular weight excluding hydrogens is 362 g/mol. The molecule has 27 heavy (non-hydrogen) atoms. The molecule has 146 valence electrons. The average molecular weight is 391 g/mol. The number of quaternary nitrogens is 1. The normalized spacial score (nSPS) is 32.1. The summed E-state index contributed by atoms with van der Waals surface area (Å²) in [5, 5.41) is 8.34. The fraction of sp³-hybridized carbons (Fsp3) is 0.619. The molecule has 6 heteroatoms. The second-order valence-corrected chi connectivity index (χ2v) is 9.42. The second-order valence-electron chi connectivity index (χ2n) is 8.98. The Kier molecular flexibility index (Phi) is 5.17. The fourth-order valence-electron chi connectivity index (χ4n) is 5.90. The standard InChI is InChI=1S/C21H28ClN3O2/c1-13(17-2-4-18(22)5-3-17)23-12-19(26)24-20(27)25-21-9-14-6-15(10-21)8-16(7-14)11-21/h2-5,13-16,23H,6-12H2,1H3,(H2,24,25,26,27)/p+1/t13-,14?,15?,16?,21?/m0/s1. The lowest BCUT2D eigenvalue weighted by molar-refractivity contribution is -0.682.